The second-order valence-electron chi connectivity index (χ2n) is 4.83. The zero-order valence-corrected chi connectivity index (χ0v) is 10.1. The van der Waals surface area contributed by atoms with Crippen LogP contribution in [-0.4, -0.2) is 17.3 Å². The standard InChI is InChI=1S/C14H20O2/c1-10-7-11(2)9-12(8-10)16-14-6-4-3-5-13(14)15/h7-9,13-15H,3-6H2,1-2H3. The van der Waals surface area contributed by atoms with Crippen molar-refractivity contribution in [2.75, 3.05) is 0 Å². The summed E-state index contributed by atoms with van der Waals surface area (Å²) in [7, 11) is 0. The number of aliphatic hydroxyl groups is 1. The first kappa shape index (κ1) is 11.5. The number of benzene rings is 1. The molecular weight excluding hydrogens is 200 g/mol. The van der Waals surface area contributed by atoms with Gasteiger partial charge in [-0.3, -0.25) is 0 Å². The molecule has 1 N–H and O–H groups in total. The molecule has 0 aliphatic heterocycles. The van der Waals surface area contributed by atoms with Crippen LogP contribution in [0.4, 0.5) is 0 Å². The molecule has 0 aromatic heterocycles. The van der Waals surface area contributed by atoms with Gasteiger partial charge in [0.05, 0.1) is 6.10 Å². The van der Waals surface area contributed by atoms with Crippen molar-refractivity contribution in [2.24, 2.45) is 0 Å². The Morgan fingerprint density at radius 1 is 1.06 bits per heavy atom. The van der Waals surface area contributed by atoms with E-state index in [0.29, 0.717) is 0 Å². The highest BCUT2D eigenvalue weighted by Crippen LogP contribution is 2.25. The first-order valence-electron chi connectivity index (χ1n) is 6.08. The highest BCUT2D eigenvalue weighted by atomic mass is 16.5. The van der Waals surface area contributed by atoms with Gasteiger partial charge in [0.25, 0.3) is 0 Å². The highest BCUT2D eigenvalue weighted by Gasteiger charge is 2.24. The molecule has 0 saturated heterocycles. The van der Waals surface area contributed by atoms with Gasteiger partial charge in [-0.05, 0) is 56.4 Å². The van der Waals surface area contributed by atoms with E-state index in [2.05, 4.69) is 19.9 Å². The Labute approximate surface area is 97.3 Å². The normalized spacial score (nSPS) is 25.4. The summed E-state index contributed by atoms with van der Waals surface area (Å²) < 4.78 is 5.88. The molecule has 1 aromatic carbocycles. The fourth-order valence-electron chi connectivity index (χ4n) is 2.39. The van der Waals surface area contributed by atoms with Gasteiger partial charge in [-0.2, -0.15) is 0 Å². The van der Waals surface area contributed by atoms with E-state index in [0.717, 1.165) is 31.4 Å². The van der Waals surface area contributed by atoms with Crippen LogP contribution >= 0.6 is 0 Å². The Morgan fingerprint density at radius 2 is 1.69 bits per heavy atom. The molecule has 2 nitrogen and oxygen atoms in total. The number of hydrogen-bond acceptors (Lipinski definition) is 2. The summed E-state index contributed by atoms with van der Waals surface area (Å²) in [5, 5.41) is 9.84. The van der Waals surface area contributed by atoms with Crippen LogP contribution < -0.4 is 4.74 Å². The van der Waals surface area contributed by atoms with Crippen LogP contribution in [0.2, 0.25) is 0 Å². The van der Waals surface area contributed by atoms with Crippen molar-refractivity contribution >= 4 is 0 Å². The summed E-state index contributed by atoms with van der Waals surface area (Å²) in [5.41, 5.74) is 2.42. The van der Waals surface area contributed by atoms with E-state index in [-0.39, 0.29) is 12.2 Å². The molecule has 1 saturated carbocycles. The lowest BCUT2D eigenvalue weighted by Crippen LogP contribution is -2.34. The fourth-order valence-corrected chi connectivity index (χ4v) is 2.39. The predicted molar refractivity (Wildman–Crippen MR) is 64.8 cm³/mol. The molecule has 0 bridgehead atoms. The van der Waals surface area contributed by atoms with Gasteiger partial charge < -0.3 is 9.84 Å². The van der Waals surface area contributed by atoms with Crippen LogP contribution in [0, 0.1) is 13.8 Å². The minimum absolute atomic E-state index is 0.0186. The molecular formula is C14H20O2. The van der Waals surface area contributed by atoms with Crippen LogP contribution in [-0.2, 0) is 0 Å². The van der Waals surface area contributed by atoms with Gasteiger partial charge in [-0.15, -0.1) is 0 Å². The second kappa shape index (κ2) is 4.88. The summed E-state index contributed by atoms with van der Waals surface area (Å²) in [6, 6.07) is 6.20. The molecule has 1 aliphatic rings. The minimum Gasteiger partial charge on any atom is -0.488 e. The minimum atomic E-state index is -0.297. The maximum atomic E-state index is 9.84. The molecule has 16 heavy (non-hydrogen) atoms. The first-order valence-corrected chi connectivity index (χ1v) is 6.08. The van der Waals surface area contributed by atoms with Gasteiger partial charge in [-0.25, -0.2) is 0 Å². The Morgan fingerprint density at radius 3 is 2.31 bits per heavy atom. The van der Waals surface area contributed by atoms with Crippen LogP contribution in [0.3, 0.4) is 0 Å². The van der Waals surface area contributed by atoms with E-state index in [4.69, 9.17) is 4.74 Å². The molecule has 2 heteroatoms. The molecule has 2 unspecified atom stereocenters. The van der Waals surface area contributed by atoms with Gasteiger partial charge in [-0.1, -0.05) is 12.5 Å². The van der Waals surface area contributed by atoms with E-state index >= 15 is 0 Å². The monoisotopic (exact) mass is 220 g/mol. The number of ether oxygens (including phenoxy) is 1. The van der Waals surface area contributed by atoms with E-state index in [1.807, 2.05) is 12.1 Å². The Balaban J connectivity index is 2.07. The Kier molecular flexibility index (Phi) is 3.49. The largest absolute Gasteiger partial charge is 0.488 e. The smallest absolute Gasteiger partial charge is 0.124 e. The highest BCUT2D eigenvalue weighted by molar-refractivity contribution is 5.33. The summed E-state index contributed by atoms with van der Waals surface area (Å²) in [5.74, 6) is 0.892. The lowest BCUT2D eigenvalue weighted by Gasteiger charge is -2.28. The van der Waals surface area contributed by atoms with Gasteiger partial charge in [0.2, 0.25) is 0 Å². The van der Waals surface area contributed by atoms with Gasteiger partial charge >= 0.3 is 0 Å². The molecule has 1 aromatic rings. The van der Waals surface area contributed by atoms with Crippen molar-refractivity contribution in [2.45, 2.75) is 51.7 Å². The van der Waals surface area contributed by atoms with Crippen LogP contribution in [0.15, 0.2) is 18.2 Å². The molecule has 0 radical (unpaired) electrons. The van der Waals surface area contributed by atoms with Crippen molar-refractivity contribution in [1.29, 1.82) is 0 Å². The first-order chi connectivity index (χ1) is 7.65. The zero-order valence-electron chi connectivity index (χ0n) is 10.1. The Hall–Kier alpha value is -1.02. The third-order valence-corrected chi connectivity index (χ3v) is 3.15. The lowest BCUT2D eigenvalue weighted by atomic mass is 9.95. The van der Waals surface area contributed by atoms with Crippen molar-refractivity contribution in [1.82, 2.24) is 0 Å². The molecule has 1 aliphatic carbocycles. The Bertz CT molecular complexity index is 340. The second-order valence-corrected chi connectivity index (χ2v) is 4.83. The summed E-state index contributed by atoms with van der Waals surface area (Å²) >= 11 is 0. The number of rotatable bonds is 2. The number of hydrogen-bond donors (Lipinski definition) is 1. The molecule has 0 heterocycles. The summed E-state index contributed by atoms with van der Waals surface area (Å²) in [6.07, 6.45) is 3.80. The topological polar surface area (TPSA) is 29.5 Å². The number of aliphatic hydroxyl groups excluding tert-OH is 1. The summed E-state index contributed by atoms with van der Waals surface area (Å²) in [6.45, 7) is 4.13. The molecule has 2 atom stereocenters. The predicted octanol–water partition coefficient (Wildman–Crippen LogP) is 2.99. The van der Waals surface area contributed by atoms with E-state index in [1.165, 1.54) is 11.1 Å². The van der Waals surface area contributed by atoms with Gasteiger partial charge in [0.15, 0.2) is 0 Å². The molecule has 0 amide bonds. The molecule has 1 fully saturated rings. The third kappa shape index (κ3) is 2.76. The summed E-state index contributed by atoms with van der Waals surface area (Å²) in [4.78, 5) is 0. The maximum absolute atomic E-state index is 9.84. The molecule has 2 rings (SSSR count). The van der Waals surface area contributed by atoms with Crippen molar-refractivity contribution < 1.29 is 9.84 Å². The average Bonchev–Trinajstić information content (AvgIpc) is 2.20. The van der Waals surface area contributed by atoms with Gasteiger partial charge in [0, 0.05) is 0 Å². The molecule has 88 valence electrons. The van der Waals surface area contributed by atoms with Crippen molar-refractivity contribution in [3.8, 4) is 5.75 Å². The molecule has 0 spiro atoms. The van der Waals surface area contributed by atoms with Crippen molar-refractivity contribution in [3.05, 3.63) is 29.3 Å². The number of aryl methyl sites for hydroxylation is 2. The van der Waals surface area contributed by atoms with E-state index in [1.54, 1.807) is 0 Å². The average molecular weight is 220 g/mol. The van der Waals surface area contributed by atoms with E-state index < -0.39 is 0 Å². The van der Waals surface area contributed by atoms with Crippen LogP contribution in [0.1, 0.15) is 36.8 Å². The quantitative estimate of drug-likeness (QED) is 0.830. The maximum Gasteiger partial charge on any atom is 0.124 e. The van der Waals surface area contributed by atoms with E-state index in [9.17, 15) is 5.11 Å². The lowest BCUT2D eigenvalue weighted by molar-refractivity contribution is 0.00682. The van der Waals surface area contributed by atoms with Crippen molar-refractivity contribution in [3.63, 3.8) is 0 Å². The fraction of sp³-hybridized carbons (Fsp3) is 0.571. The van der Waals surface area contributed by atoms with Gasteiger partial charge in [0.1, 0.15) is 11.9 Å². The SMILES string of the molecule is Cc1cc(C)cc(OC2CCCCC2O)c1. The van der Waals surface area contributed by atoms with Crippen LogP contribution in [0.5, 0.6) is 5.75 Å². The third-order valence-electron chi connectivity index (χ3n) is 3.15. The zero-order chi connectivity index (χ0) is 11.5. The van der Waals surface area contributed by atoms with Crippen LogP contribution in [0.25, 0.3) is 0 Å².